The van der Waals surface area contributed by atoms with Crippen molar-refractivity contribution in [3.63, 3.8) is 0 Å². The second kappa shape index (κ2) is 6.49. The van der Waals surface area contributed by atoms with Gasteiger partial charge in [0.05, 0.1) is 17.5 Å². The molecule has 1 aromatic carbocycles. The van der Waals surface area contributed by atoms with Crippen molar-refractivity contribution in [1.82, 2.24) is 24.6 Å². The van der Waals surface area contributed by atoms with Crippen LogP contribution in [0.4, 0.5) is 5.82 Å². The summed E-state index contributed by atoms with van der Waals surface area (Å²) in [6.45, 7) is 2.07. The predicted molar refractivity (Wildman–Crippen MR) is 97.5 cm³/mol. The average Bonchev–Trinajstić information content (AvgIpc) is 3.06. The molecule has 0 aliphatic heterocycles. The topological polar surface area (TPSA) is 68.0 Å². The van der Waals surface area contributed by atoms with E-state index in [9.17, 15) is 0 Å². The van der Waals surface area contributed by atoms with Crippen LogP contribution in [0.25, 0.3) is 16.9 Å². The summed E-state index contributed by atoms with van der Waals surface area (Å²) in [7, 11) is 0. The molecule has 0 fully saturated rings. The molecule has 124 valence electrons. The molecule has 6 nitrogen and oxygen atoms in total. The van der Waals surface area contributed by atoms with E-state index in [0.29, 0.717) is 0 Å². The molecule has 0 bridgehead atoms. The van der Waals surface area contributed by atoms with Crippen LogP contribution in [-0.4, -0.2) is 24.6 Å². The Bertz CT molecular complexity index is 1010. The van der Waals surface area contributed by atoms with E-state index in [0.717, 1.165) is 33.3 Å². The summed E-state index contributed by atoms with van der Waals surface area (Å²) in [5.74, 6) is 0.739. The van der Waals surface area contributed by atoms with E-state index in [1.807, 2.05) is 42.6 Å². The predicted octanol–water partition coefficient (Wildman–Crippen LogP) is 4.01. The van der Waals surface area contributed by atoms with Crippen molar-refractivity contribution in [3.8, 4) is 11.3 Å². The minimum absolute atomic E-state index is 0.0852. The van der Waals surface area contributed by atoms with Crippen molar-refractivity contribution in [2.75, 3.05) is 5.32 Å². The number of hydrogen-bond acceptors (Lipinski definition) is 5. The Morgan fingerprint density at radius 1 is 1.12 bits per heavy atom. The Labute approximate surface area is 149 Å². The minimum Gasteiger partial charge on any atom is -0.363 e. The highest BCUT2D eigenvalue weighted by Gasteiger charge is 2.11. The number of rotatable bonds is 4. The quantitative estimate of drug-likeness (QED) is 0.602. The molecule has 0 spiro atoms. The van der Waals surface area contributed by atoms with E-state index in [2.05, 4.69) is 32.3 Å². The lowest BCUT2D eigenvalue weighted by Crippen LogP contribution is -2.08. The summed E-state index contributed by atoms with van der Waals surface area (Å²) < 4.78 is 1.72. The molecule has 1 atom stereocenters. The van der Waals surface area contributed by atoms with E-state index >= 15 is 0 Å². The van der Waals surface area contributed by atoms with Crippen molar-refractivity contribution >= 4 is 23.1 Å². The lowest BCUT2D eigenvalue weighted by molar-refractivity contribution is 0.872. The molecule has 0 amide bonds. The van der Waals surface area contributed by atoms with Crippen LogP contribution < -0.4 is 5.32 Å². The van der Waals surface area contributed by atoms with Gasteiger partial charge in [0.1, 0.15) is 12.1 Å². The highest BCUT2D eigenvalue weighted by Crippen LogP contribution is 2.24. The van der Waals surface area contributed by atoms with Crippen LogP contribution in [-0.2, 0) is 0 Å². The molecular formula is C18H15ClN6. The standard InChI is InChI=1S/C18H15ClN6/c1-12(13-3-5-14(19)6-4-13)24-17-9-16(21-11-22-17)15-10-23-25-8-2-7-20-18(15)25/h2-12H,1H3,(H,21,22,24)/t12-/m1/s1. The van der Waals surface area contributed by atoms with Gasteiger partial charge in [0.15, 0.2) is 5.65 Å². The summed E-state index contributed by atoms with van der Waals surface area (Å²) in [5, 5.41) is 8.41. The van der Waals surface area contributed by atoms with Crippen molar-refractivity contribution in [3.05, 3.63) is 71.9 Å². The second-order valence-electron chi connectivity index (χ2n) is 5.65. The lowest BCUT2D eigenvalue weighted by Gasteiger charge is -2.15. The Balaban J connectivity index is 1.62. The molecule has 0 aliphatic carbocycles. The maximum absolute atomic E-state index is 5.95. The number of benzene rings is 1. The van der Waals surface area contributed by atoms with Crippen molar-refractivity contribution in [2.24, 2.45) is 0 Å². The fourth-order valence-electron chi connectivity index (χ4n) is 2.65. The number of nitrogens with one attached hydrogen (secondary N) is 1. The van der Waals surface area contributed by atoms with Gasteiger partial charge < -0.3 is 5.32 Å². The SMILES string of the molecule is C[C@@H](Nc1cc(-c2cnn3cccnc23)ncn1)c1ccc(Cl)cc1. The zero-order valence-electron chi connectivity index (χ0n) is 13.5. The van der Waals surface area contributed by atoms with Crippen LogP contribution in [0.1, 0.15) is 18.5 Å². The van der Waals surface area contributed by atoms with Gasteiger partial charge in [-0.2, -0.15) is 5.10 Å². The smallest absolute Gasteiger partial charge is 0.164 e. The summed E-state index contributed by atoms with van der Waals surface area (Å²) in [6.07, 6.45) is 6.90. The minimum atomic E-state index is 0.0852. The van der Waals surface area contributed by atoms with Gasteiger partial charge in [0.2, 0.25) is 0 Å². The van der Waals surface area contributed by atoms with E-state index < -0.39 is 0 Å². The number of aromatic nitrogens is 5. The molecule has 0 saturated heterocycles. The van der Waals surface area contributed by atoms with E-state index in [1.54, 1.807) is 23.2 Å². The molecule has 0 saturated carbocycles. The first-order valence-electron chi connectivity index (χ1n) is 7.83. The molecule has 3 heterocycles. The van der Waals surface area contributed by atoms with Crippen molar-refractivity contribution in [1.29, 1.82) is 0 Å². The number of hydrogen-bond donors (Lipinski definition) is 1. The average molecular weight is 351 g/mol. The number of halogens is 1. The van der Waals surface area contributed by atoms with Crippen LogP contribution in [0.2, 0.25) is 5.02 Å². The van der Waals surface area contributed by atoms with E-state index in [4.69, 9.17) is 11.6 Å². The highest BCUT2D eigenvalue weighted by molar-refractivity contribution is 6.30. The maximum Gasteiger partial charge on any atom is 0.164 e. The summed E-state index contributed by atoms with van der Waals surface area (Å²) in [6, 6.07) is 11.6. The second-order valence-corrected chi connectivity index (χ2v) is 6.09. The highest BCUT2D eigenvalue weighted by atomic mass is 35.5. The Kier molecular flexibility index (Phi) is 4.03. The van der Waals surface area contributed by atoms with Crippen molar-refractivity contribution in [2.45, 2.75) is 13.0 Å². The molecule has 4 rings (SSSR count). The molecule has 7 heteroatoms. The van der Waals surface area contributed by atoms with Gasteiger partial charge in [-0.15, -0.1) is 0 Å². The molecule has 0 unspecified atom stereocenters. The largest absolute Gasteiger partial charge is 0.363 e. The third-order valence-corrected chi connectivity index (χ3v) is 4.21. The Morgan fingerprint density at radius 2 is 1.96 bits per heavy atom. The van der Waals surface area contributed by atoms with Gasteiger partial charge in [-0.1, -0.05) is 23.7 Å². The Hall–Kier alpha value is -2.99. The number of anilines is 1. The van der Waals surface area contributed by atoms with Gasteiger partial charge >= 0.3 is 0 Å². The molecule has 25 heavy (non-hydrogen) atoms. The zero-order chi connectivity index (χ0) is 17.2. The normalized spacial score (nSPS) is 12.2. The van der Waals surface area contributed by atoms with Crippen LogP contribution in [0.15, 0.2) is 61.3 Å². The summed E-state index contributed by atoms with van der Waals surface area (Å²) >= 11 is 5.95. The van der Waals surface area contributed by atoms with Gasteiger partial charge in [-0.25, -0.2) is 19.5 Å². The maximum atomic E-state index is 5.95. The van der Waals surface area contributed by atoms with Gasteiger partial charge in [-0.3, -0.25) is 0 Å². The first-order chi connectivity index (χ1) is 12.2. The molecule has 1 N–H and O–H groups in total. The zero-order valence-corrected chi connectivity index (χ0v) is 14.2. The molecule has 4 aromatic rings. The first-order valence-corrected chi connectivity index (χ1v) is 8.21. The van der Waals surface area contributed by atoms with Crippen LogP contribution in [0.5, 0.6) is 0 Å². The van der Waals surface area contributed by atoms with Gasteiger partial charge in [0, 0.05) is 29.5 Å². The molecule has 0 radical (unpaired) electrons. The van der Waals surface area contributed by atoms with Crippen molar-refractivity contribution < 1.29 is 0 Å². The van der Waals surface area contributed by atoms with Crippen LogP contribution in [0.3, 0.4) is 0 Å². The van der Waals surface area contributed by atoms with Crippen LogP contribution >= 0.6 is 11.6 Å². The summed E-state index contributed by atoms with van der Waals surface area (Å²) in [4.78, 5) is 13.0. The van der Waals surface area contributed by atoms with E-state index in [-0.39, 0.29) is 6.04 Å². The van der Waals surface area contributed by atoms with Gasteiger partial charge in [0.25, 0.3) is 0 Å². The first kappa shape index (κ1) is 15.5. The fourth-order valence-corrected chi connectivity index (χ4v) is 2.77. The third-order valence-electron chi connectivity index (χ3n) is 3.96. The third kappa shape index (κ3) is 3.16. The van der Waals surface area contributed by atoms with E-state index in [1.165, 1.54) is 0 Å². The Morgan fingerprint density at radius 3 is 2.80 bits per heavy atom. The number of nitrogens with zero attached hydrogens (tertiary/aromatic N) is 5. The summed E-state index contributed by atoms with van der Waals surface area (Å²) in [5.41, 5.74) is 3.53. The fraction of sp³-hybridized carbons (Fsp3) is 0.111. The van der Waals surface area contributed by atoms with Gasteiger partial charge in [-0.05, 0) is 30.7 Å². The molecule has 0 aliphatic rings. The lowest BCUT2D eigenvalue weighted by atomic mass is 10.1. The molecular weight excluding hydrogens is 336 g/mol. The number of fused-ring (bicyclic) bond motifs is 1. The monoisotopic (exact) mass is 350 g/mol. The van der Waals surface area contributed by atoms with Crippen LogP contribution in [0, 0.1) is 0 Å². The molecule has 3 aromatic heterocycles.